The average molecular weight is 209 g/mol. The summed E-state index contributed by atoms with van der Waals surface area (Å²) >= 11 is 0. The van der Waals surface area contributed by atoms with E-state index >= 15 is 0 Å². The monoisotopic (exact) mass is 209 g/mol. The summed E-state index contributed by atoms with van der Waals surface area (Å²) in [6, 6.07) is 1.24. The Morgan fingerprint density at radius 1 is 1.60 bits per heavy atom. The summed E-state index contributed by atoms with van der Waals surface area (Å²) < 4.78 is 0. The van der Waals surface area contributed by atoms with E-state index in [4.69, 9.17) is 5.73 Å². The first kappa shape index (κ1) is 9.60. The molecule has 5 atom stereocenters. The second-order valence-corrected chi connectivity index (χ2v) is 5.27. The van der Waals surface area contributed by atoms with Gasteiger partial charge in [0.2, 0.25) is 5.91 Å². The van der Waals surface area contributed by atoms with E-state index in [1.807, 2.05) is 0 Å². The molecular weight excluding hydrogens is 190 g/mol. The van der Waals surface area contributed by atoms with Crippen LogP contribution in [0.5, 0.6) is 0 Å². The molecule has 4 heteroatoms. The van der Waals surface area contributed by atoms with Gasteiger partial charge in [0.15, 0.2) is 0 Å². The van der Waals surface area contributed by atoms with Crippen molar-refractivity contribution in [2.45, 2.75) is 37.9 Å². The predicted molar refractivity (Wildman–Crippen MR) is 57.2 cm³/mol. The van der Waals surface area contributed by atoms with Crippen LogP contribution in [0.15, 0.2) is 0 Å². The summed E-state index contributed by atoms with van der Waals surface area (Å²) in [6.45, 7) is 4.48. The highest BCUT2D eigenvalue weighted by atomic mass is 16.1. The maximum Gasteiger partial charge on any atom is 0.234 e. The number of primary amides is 1. The second kappa shape index (κ2) is 3.19. The highest BCUT2D eigenvalue weighted by Crippen LogP contribution is 2.44. The summed E-state index contributed by atoms with van der Waals surface area (Å²) in [5.41, 5.74) is 5.37. The zero-order chi connectivity index (χ0) is 10.6. The Labute approximate surface area is 90.2 Å². The lowest BCUT2D eigenvalue weighted by atomic mass is 9.69. The van der Waals surface area contributed by atoms with Crippen molar-refractivity contribution in [3.05, 3.63) is 0 Å². The number of nitrogens with two attached hydrogens (primary N) is 1. The van der Waals surface area contributed by atoms with E-state index in [2.05, 4.69) is 17.1 Å². The summed E-state index contributed by atoms with van der Waals surface area (Å²) in [6.07, 6.45) is 2.29. The Morgan fingerprint density at radius 3 is 2.80 bits per heavy atom. The highest BCUT2D eigenvalue weighted by Gasteiger charge is 2.52. The molecule has 3 aliphatic heterocycles. The van der Waals surface area contributed by atoms with E-state index in [0.29, 0.717) is 12.1 Å². The summed E-state index contributed by atoms with van der Waals surface area (Å²) in [4.78, 5) is 13.5. The molecule has 1 aliphatic carbocycles. The van der Waals surface area contributed by atoms with E-state index in [-0.39, 0.29) is 11.9 Å². The number of rotatable bonds is 3. The number of nitrogens with one attached hydrogen (secondary N) is 1. The van der Waals surface area contributed by atoms with Gasteiger partial charge in [-0.1, -0.05) is 0 Å². The predicted octanol–water partition coefficient (Wildman–Crippen LogP) is -0.458. The quantitative estimate of drug-likeness (QED) is 0.661. The number of amides is 1. The molecule has 4 fully saturated rings. The second-order valence-electron chi connectivity index (χ2n) is 5.27. The SMILES string of the molecule is CC(C1C2CNC1C2)N1CCC1C(N)=O. The molecule has 2 bridgehead atoms. The van der Waals surface area contributed by atoms with Crippen molar-refractivity contribution in [3.8, 4) is 0 Å². The molecule has 15 heavy (non-hydrogen) atoms. The Morgan fingerprint density at radius 2 is 2.40 bits per heavy atom. The van der Waals surface area contributed by atoms with Crippen LogP contribution in [0, 0.1) is 11.8 Å². The van der Waals surface area contributed by atoms with Gasteiger partial charge in [-0.15, -0.1) is 0 Å². The van der Waals surface area contributed by atoms with Crippen LogP contribution in [0.25, 0.3) is 0 Å². The molecule has 4 nitrogen and oxygen atoms in total. The third-order valence-corrected chi connectivity index (χ3v) is 4.68. The first-order valence-electron chi connectivity index (χ1n) is 5.97. The number of hydrogen-bond acceptors (Lipinski definition) is 3. The molecule has 1 amide bonds. The number of likely N-dealkylation sites (tertiary alicyclic amines) is 1. The lowest BCUT2D eigenvalue weighted by molar-refractivity contribution is -0.131. The van der Waals surface area contributed by atoms with Gasteiger partial charge in [0.05, 0.1) is 6.04 Å². The fraction of sp³-hybridized carbons (Fsp3) is 0.909. The molecule has 0 aromatic rings. The third-order valence-electron chi connectivity index (χ3n) is 4.68. The first-order valence-corrected chi connectivity index (χ1v) is 5.97. The van der Waals surface area contributed by atoms with Crippen LogP contribution in [0.2, 0.25) is 0 Å². The van der Waals surface area contributed by atoms with Crippen molar-refractivity contribution in [1.82, 2.24) is 10.2 Å². The van der Waals surface area contributed by atoms with E-state index in [1.54, 1.807) is 0 Å². The van der Waals surface area contributed by atoms with Gasteiger partial charge in [0, 0.05) is 18.6 Å². The molecule has 3 saturated heterocycles. The van der Waals surface area contributed by atoms with Gasteiger partial charge in [-0.2, -0.15) is 0 Å². The number of hydrogen-bond donors (Lipinski definition) is 2. The molecule has 4 rings (SSSR count). The van der Waals surface area contributed by atoms with Gasteiger partial charge < -0.3 is 11.1 Å². The molecule has 84 valence electrons. The number of fused-ring (bicyclic) bond motifs is 1. The van der Waals surface area contributed by atoms with E-state index in [9.17, 15) is 4.79 Å². The van der Waals surface area contributed by atoms with Crippen LogP contribution in [0.4, 0.5) is 0 Å². The minimum Gasteiger partial charge on any atom is -0.368 e. The largest absolute Gasteiger partial charge is 0.368 e. The van der Waals surface area contributed by atoms with Crippen LogP contribution in [0.3, 0.4) is 0 Å². The number of carbonyl (C=O) groups excluding carboxylic acids is 1. The smallest absolute Gasteiger partial charge is 0.234 e. The summed E-state index contributed by atoms with van der Waals surface area (Å²) in [5, 5.41) is 3.53. The van der Waals surface area contributed by atoms with Crippen molar-refractivity contribution in [2.75, 3.05) is 13.1 Å². The van der Waals surface area contributed by atoms with Crippen molar-refractivity contribution < 1.29 is 4.79 Å². The summed E-state index contributed by atoms with van der Waals surface area (Å²) in [5.74, 6) is 1.46. The molecule has 3 N–H and O–H groups in total. The van der Waals surface area contributed by atoms with Gasteiger partial charge in [-0.25, -0.2) is 0 Å². The number of nitrogens with zero attached hydrogens (tertiary/aromatic N) is 1. The first-order chi connectivity index (χ1) is 7.18. The van der Waals surface area contributed by atoms with Crippen LogP contribution in [-0.2, 0) is 4.79 Å². The number of carbonyl (C=O) groups is 1. The van der Waals surface area contributed by atoms with Gasteiger partial charge in [-0.05, 0) is 38.1 Å². The minimum atomic E-state index is -0.146. The van der Waals surface area contributed by atoms with Gasteiger partial charge in [-0.3, -0.25) is 9.69 Å². The Balaban J connectivity index is 1.65. The van der Waals surface area contributed by atoms with Crippen LogP contribution in [-0.4, -0.2) is 42.0 Å². The normalized spacial score (nSPS) is 45.7. The topological polar surface area (TPSA) is 58.4 Å². The van der Waals surface area contributed by atoms with E-state index < -0.39 is 0 Å². The zero-order valence-electron chi connectivity index (χ0n) is 9.15. The van der Waals surface area contributed by atoms with E-state index in [0.717, 1.165) is 24.8 Å². The average Bonchev–Trinajstić information content (AvgIpc) is 2.58. The lowest BCUT2D eigenvalue weighted by Gasteiger charge is -2.50. The standard InChI is InChI=1S/C11H19N3O/c1-6(10-7-4-8(10)13-5-7)14-3-2-9(14)11(12)15/h6-10,13H,2-5H2,1H3,(H2,12,15). The minimum absolute atomic E-state index is 0.0139. The fourth-order valence-corrected chi connectivity index (χ4v) is 3.67. The molecule has 0 aromatic carbocycles. The van der Waals surface area contributed by atoms with Gasteiger partial charge >= 0.3 is 0 Å². The molecule has 0 spiro atoms. The molecule has 0 aromatic heterocycles. The van der Waals surface area contributed by atoms with Gasteiger partial charge in [0.25, 0.3) is 0 Å². The third kappa shape index (κ3) is 1.24. The molecule has 0 radical (unpaired) electrons. The van der Waals surface area contributed by atoms with Crippen molar-refractivity contribution in [1.29, 1.82) is 0 Å². The zero-order valence-corrected chi connectivity index (χ0v) is 9.15. The highest BCUT2D eigenvalue weighted by molar-refractivity contribution is 5.80. The van der Waals surface area contributed by atoms with Crippen molar-refractivity contribution in [3.63, 3.8) is 0 Å². The maximum absolute atomic E-state index is 11.2. The Bertz CT molecular complexity index is 280. The lowest BCUT2D eigenvalue weighted by Crippen LogP contribution is -2.62. The molecule has 1 saturated carbocycles. The van der Waals surface area contributed by atoms with E-state index in [1.165, 1.54) is 13.0 Å². The molecule has 3 heterocycles. The van der Waals surface area contributed by atoms with Gasteiger partial charge in [0.1, 0.15) is 0 Å². The van der Waals surface area contributed by atoms with Crippen LogP contribution in [0.1, 0.15) is 19.8 Å². The molecular formula is C11H19N3O. The maximum atomic E-state index is 11.2. The Kier molecular flexibility index (Phi) is 2.04. The summed E-state index contributed by atoms with van der Waals surface area (Å²) in [7, 11) is 0. The molecule has 4 aliphatic rings. The van der Waals surface area contributed by atoms with Crippen molar-refractivity contribution >= 4 is 5.91 Å². The van der Waals surface area contributed by atoms with Crippen LogP contribution < -0.4 is 11.1 Å². The van der Waals surface area contributed by atoms with Crippen LogP contribution >= 0.6 is 0 Å². The molecule has 5 unspecified atom stereocenters. The van der Waals surface area contributed by atoms with Crippen molar-refractivity contribution in [2.24, 2.45) is 17.6 Å². The Hall–Kier alpha value is -0.610. The fourth-order valence-electron chi connectivity index (χ4n) is 3.67.